The number of rotatable bonds is 1. The SMILES string of the molecule is [2H]C1(C=O)CC([2H])([2H])C([2H])([2H])C1. The molecule has 0 unspecified atom stereocenters. The van der Waals surface area contributed by atoms with Gasteiger partial charge in [-0.05, 0) is 12.8 Å². The van der Waals surface area contributed by atoms with Gasteiger partial charge < -0.3 is 4.79 Å². The maximum atomic E-state index is 10.4. The quantitative estimate of drug-likeness (QED) is 0.458. The fourth-order valence-electron chi connectivity index (χ4n) is 0.498. The van der Waals surface area contributed by atoms with Gasteiger partial charge in [0.05, 0.1) is 0 Å². The lowest BCUT2D eigenvalue weighted by atomic mass is 10.1. The van der Waals surface area contributed by atoms with Crippen LogP contribution in [0.3, 0.4) is 0 Å². The molecule has 0 aromatic rings. The topological polar surface area (TPSA) is 17.1 Å². The van der Waals surface area contributed by atoms with Crippen molar-refractivity contribution in [2.75, 3.05) is 0 Å². The predicted molar refractivity (Wildman–Crippen MR) is 28.0 cm³/mol. The Morgan fingerprint density at radius 2 is 2.29 bits per heavy atom. The van der Waals surface area contributed by atoms with E-state index in [9.17, 15) is 4.79 Å². The van der Waals surface area contributed by atoms with Gasteiger partial charge in [-0.15, -0.1) is 0 Å². The number of carbonyl (C=O) groups excluding carboxylic acids is 1. The Labute approximate surface area is 50.7 Å². The molecule has 0 aromatic heterocycles. The van der Waals surface area contributed by atoms with E-state index in [1.165, 1.54) is 0 Å². The second kappa shape index (κ2) is 2.10. The molecule has 7 heavy (non-hydrogen) atoms. The summed E-state index contributed by atoms with van der Waals surface area (Å²) in [5.41, 5.74) is 0. The number of hydrogen-bond acceptors (Lipinski definition) is 1. The number of hydrogen-bond donors (Lipinski definition) is 0. The van der Waals surface area contributed by atoms with E-state index >= 15 is 0 Å². The van der Waals surface area contributed by atoms with Gasteiger partial charge in [-0.3, -0.25) is 0 Å². The van der Waals surface area contributed by atoms with Crippen LogP contribution in [-0.2, 0) is 4.79 Å². The fourth-order valence-corrected chi connectivity index (χ4v) is 0.498. The van der Waals surface area contributed by atoms with Crippen molar-refractivity contribution in [3.05, 3.63) is 0 Å². The van der Waals surface area contributed by atoms with Crippen LogP contribution in [-0.4, -0.2) is 6.29 Å². The van der Waals surface area contributed by atoms with Crippen molar-refractivity contribution in [1.29, 1.82) is 0 Å². The minimum Gasteiger partial charge on any atom is -0.303 e. The number of aldehydes is 1. The zero-order valence-corrected chi connectivity index (χ0v) is 3.90. The second-order valence-electron chi connectivity index (χ2n) is 1.48. The highest BCUT2D eigenvalue weighted by Gasteiger charge is 2.12. The highest BCUT2D eigenvalue weighted by molar-refractivity contribution is 5.53. The van der Waals surface area contributed by atoms with Crippen molar-refractivity contribution >= 4 is 6.29 Å². The molecule has 0 saturated heterocycles. The Balaban J connectivity index is 2.95. The Morgan fingerprint density at radius 3 is 2.57 bits per heavy atom. The molecule has 0 radical (unpaired) electrons. The molecular weight excluding hydrogens is 88.1 g/mol. The minimum absolute atomic E-state index is 0.329. The Kier molecular flexibility index (Phi) is 0.473. The molecule has 0 atom stereocenters. The van der Waals surface area contributed by atoms with Crippen molar-refractivity contribution in [2.45, 2.75) is 25.6 Å². The molecule has 40 valence electrons. The molecule has 1 heteroatoms. The lowest BCUT2D eigenvalue weighted by Crippen LogP contribution is -1.91. The van der Waals surface area contributed by atoms with Crippen molar-refractivity contribution < 1.29 is 11.6 Å². The van der Waals surface area contributed by atoms with Crippen LogP contribution in [0.1, 0.15) is 32.4 Å². The van der Waals surface area contributed by atoms with E-state index in [0.29, 0.717) is 6.29 Å². The first kappa shape index (κ1) is 1.57. The van der Waals surface area contributed by atoms with Crippen LogP contribution < -0.4 is 0 Å². The molecule has 0 amide bonds. The molecule has 0 bridgehead atoms. The van der Waals surface area contributed by atoms with Crippen LogP contribution in [0.15, 0.2) is 0 Å². The van der Waals surface area contributed by atoms with Gasteiger partial charge in [-0.25, -0.2) is 0 Å². The van der Waals surface area contributed by atoms with Gasteiger partial charge in [-0.2, -0.15) is 0 Å². The Bertz CT molecular complexity index is 196. The monoisotopic (exact) mass is 103 g/mol. The highest BCUT2D eigenvalue weighted by Crippen LogP contribution is 2.21. The first-order valence-electron chi connectivity index (χ1n) is 4.69. The third kappa shape index (κ3) is 1.02. The van der Waals surface area contributed by atoms with Crippen molar-refractivity contribution in [1.82, 2.24) is 0 Å². The molecule has 1 nitrogen and oxygen atoms in total. The minimum atomic E-state index is -2.06. The van der Waals surface area contributed by atoms with Crippen LogP contribution in [0.25, 0.3) is 0 Å². The van der Waals surface area contributed by atoms with E-state index < -0.39 is 18.6 Å². The molecule has 0 heterocycles. The average Bonchev–Trinajstić information content (AvgIpc) is 1.99. The van der Waals surface area contributed by atoms with Gasteiger partial charge in [0, 0.05) is 12.7 Å². The summed E-state index contributed by atoms with van der Waals surface area (Å²) in [5, 5.41) is 0. The van der Waals surface area contributed by atoms with Gasteiger partial charge in [0.15, 0.2) is 0 Å². The van der Waals surface area contributed by atoms with Gasteiger partial charge in [0.2, 0.25) is 0 Å². The molecule has 1 rings (SSSR count). The van der Waals surface area contributed by atoms with Gasteiger partial charge in [0.1, 0.15) is 6.29 Å². The smallest absolute Gasteiger partial charge is 0.123 e. The number of carbonyl (C=O) groups is 1. The standard InChI is InChI=1S/C6H10O/c7-5-6-3-1-2-4-6/h5-6H,1-4H2/i1D2,2D2,6D. The predicted octanol–water partition coefficient (Wildman–Crippen LogP) is 1.38. The van der Waals surface area contributed by atoms with E-state index in [1.54, 1.807) is 0 Å². The largest absolute Gasteiger partial charge is 0.303 e. The molecule has 0 aliphatic heterocycles. The summed E-state index contributed by atoms with van der Waals surface area (Å²) < 4.78 is 36.4. The zero-order valence-electron chi connectivity index (χ0n) is 8.90. The molecule has 0 aromatic carbocycles. The fraction of sp³-hybridized carbons (Fsp3) is 0.833. The summed E-state index contributed by atoms with van der Waals surface area (Å²) in [6.07, 6.45) is -4.49. The highest BCUT2D eigenvalue weighted by atomic mass is 16.1. The first-order chi connectivity index (χ1) is 5.22. The molecule has 0 N–H and O–H groups in total. The Hall–Kier alpha value is -0.330. The lowest BCUT2D eigenvalue weighted by Gasteiger charge is -1.90. The van der Waals surface area contributed by atoms with E-state index in [1.807, 2.05) is 0 Å². The van der Waals surface area contributed by atoms with Crippen LogP contribution in [0.5, 0.6) is 0 Å². The summed E-state index contributed by atoms with van der Waals surface area (Å²) in [6, 6.07) is 0. The van der Waals surface area contributed by atoms with Crippen molar-refractivity contribution in [3.8, 4) is 0 Å². The van der Waals surface area contributed by atoms with Gasteiger partial charge in [-0.1, -0.05) is 12.7 Å². The summed E-state index contributed by atoms with van der Waals surface area (Å²) in [5.74, 6) is -1.58. The maximum absolute atomic E-state index is 10.4. The molecular formula is C6H10O. The third-order valence-electron chi connectivity index (χ3n) is 0.923. The normalized spacial score (nSPS) is 52.3. The average molecular weight is 103 g/mol. The van der Waals surface area contributed by atoms with Gasteiger partial charge in [0.25, 0.3) is 0 Å². The van der Waals surface area contributed by atoms with Crippen LogP contribution >= 0.6 is 0 Å². The summed E-state index contributed by atoms with van der Waals surface area (Å²) >= 11 is 0. The molecule has 1 fully saturated rings. The van der Waals surface area contributed by atoms with E-state index in [0.717, 1.165) is 0 Å². The van der Waals surface area contributed by atoms with Gasteiger partial charge >= 0.3 is 0 Å². The van der Waals surface area contributed by atoms with Crippen molar-refractivity contribution in [2.24, 2.45) is 5.89 Å². The van der Waals surface area contributed by atoms with Crippen molar-refractivity contribution in [3.63, 3.8) is 0 Å². The Morgan fingerprint density at radius 1 is 1.71 bits per heavy atom. The van der Waals surface area contributed by atoms with E-state index in [-0.39, 0.29) is 12.8 Å². The molecule has 1 aliphatic rings. The zero-order chi connectivity index (χ0) is 9.62. The lowest BCUT2D eigenvalue weighted by molar-refractivity contribution is -0.110. The molecule has 1 saturated carbocycles. The first-order valence-corrected chi connectivity index (χ1v) is 2.19. The van der Waals surface area contributed by atoms with E-state index in [4.69, 9.17) is 6.85 Å². The summed E-state index contributed by atoms with van der Waals surface area (Å²) in [7, 11) is 0. The summed E-state index contributed by atoms with van der Waals surface area (Å²) in [4.78, 5) is 10.4. The van der Waals surface area contributed by atoms with Crippen LogP contribution in [0.2, 0.25) is 0 Å². The van der Waals surface area contributed by atoms with E-state index in [2.05, 4.69) is 0 Å². The molecule has 0 spiro atoms. The van der Waals surface area contributed by atoms with Crippen LogP contribution in [0, 0.1) is 5.89 Å². The second-order valence-corrected chi connectivity index (χ2v) is 1.48. The van der Waals surface area contributed by atoms with Crippen LogP contribution in [0.4, 0.5) is 0 Å². The maximum Gasteiger partial charge on any atom is 0.123 e. The summed E-state index contributed by atoms with van der Waals surface area (Å²) in [6.45, 7) is 0. The third-order valence-corrected chi connectivity index (χ3v) is 0.923. The molecule has 1 aliphatic carbocycles.